The Labute approximate surface area is 136 Å². The Morgan fingerprint density at radius 3 is 2.21 bits per heavy atom. The van der Waals surface area contributed by atoms with Crippen LogP contribution in [-0.4, -0.2) is 52.4 Å². The van der Waals surface area contributed by atoms with Gasteiger partial charge in [0.15, 0.2) is 6.23 Å². The number of anilines is 1. The average molecular weight is 363 g/mol. The van der Waals surface area contributed by atoms with Gasteiger partial charge in [-0.2, -0.15) is 7.82 Å². The highest BCUT2D eigenvalue weighted by Gasteiger charge is 2.42. The molecule has 11 nitrogen and oxygen atoms in total. The van der Waals surface area contributed by atoms with E-state index in [4.69, 9.17) is 29.1 Å². The van der Waals surface area contributed by atoms with Crippen molar-refractivity contribution in [1.29, 1.82) is 0 Å². The first-order valence-corrected chi connectivity index (χ1v) is 7.93. The Morgan fingerprint density at radius 1 is 1.21 bits per heavy atom. The molecule has 4 N–H and O–H groups in total. The molecule has 12 heteroatoms. The predicted octanol–water partition coefficient (Wildman–Crippen LogP) is -4.92. The summed E-state index contributed by atoms with van der Waals surface area (Å²) in [5, 5.41) is 41.9. The molecule has 0 saturated carbocycles. The Morgan fingerprint density at radius 2 is 1.75 bits per heavy atom. The molecule has 1 aromatic rings. The minimum absolute atomic E-state index is 0.0831. The minimum Gasteiger partial charge on any atom is -0.822 e. The summed E-state index contributed by atoms with van der Waals surface area (Å²) in [6.45, 7) is -0.446. The SMILES string of the molecule is O=C([O-])c1ccccc1N[C@@H]1O[C@H](CO)[C@@H](O)[C@H]1O.O=P([O-])([O-])[O-]. The third-order valence-electron chi connectivity index (χ3n) is 2.99. The van der Waals surface area contributed by atoms with Gasteiger partial charge in [0.1, 0.15) is 18.3 Å². The highest BCUT2D eigenvalue weighted by Crippen LogP contribution is 2.24. The smallest absolute Gasteiger partial charge is 0.157 e. The van der Waals surface area contributed by atoms with E-state index < -0.39 is 44.9 Å². The summed E-state index contributed by atoms with van der Waals surface area (Å²) in [5.41, 5.74) is 0.123. The highest BCUT2D eigenvalue weighted by molar-refractivity contribution is 7.40. The number of rotatable bonds is 4. The average Bonchev–Trinajstić information content (AvgIpc) is 2.74. The maximum Gasteiger partial charge on any atom is 0.157 e. The van der Waals surface area contributed by atoms with E-state index >= 15 is 0 Å². The van der Waals surface area contributed by atoms with Crippen molar-refractivity contribution in [2.45, 2.75) is 24.5 Å². The number of carbonyl (C=O) groups excluding carboxylic acids is 1. The molecule has 1 saturated heterocycles. The van der Waals surface area contributed by atoms with E-state index in [1.807, 2.05) is 0 Å². The van der Waals surface area contributed by atoms with Gasteiger partial charge in [-0.1, -0.05) is 18.2 Å². The summed E-state index contributed by atoms with van der Waals surface area (Å²) in [6, 6.07) is 5.97. The number of aliphatic hydroxyl groups excluding tert-OH is 3. The monoisotopic (exact) mass is 363 g/mol. The summed E-state index contributed by atoms with van der Waals surface area (Å²) in [4.78, 5) is 36.6. The first-order chi connectivity index (χ1) is 11.0. The van der Waals surface area contributed by atoms with Crippen LogP contribution in [0, 0.1) is 0 Å². The van der Waals surface area contributed by atoms with Gasteiger partial charge in [-0.25, -0.2) is 0 Å². The number of hydrogen-bond acceptors (Lipinski definition) is 11. The van der Waals surface area contributed by atoms with Gasteiger partial charge in [-0.05, 0) is 6.07 Å². The van der Waals surface area contributed by atoms with Crippen LogP contribution >= 0.6 is 7.82 Å². The Bertz CT molecular complexity index is 597. The normalized spacial score (nSPS) is 26.4. The van der Waals surface area contributed by atoms with Crippen LogP contribution in [0.5, 0.6) is 0 Å². The number of hydrogen-bond donors (Lipinski definition) is 4. The van der Waals surface area contributed by atoms with Gasteiger partial charge in [-0.3, -0.25) is 0 Å². The van der Waals surface area contributed by atoms with Crippen LogP contribution in [0.2, 0.25) is 0 Å². The van der Waals surface area contributed by atoms with Crippen molar-refractivity contribution in [3.63, 3.8) is 0 Å². The maximum absolute atomic E-state index is 10.9. The molecule has 24 heavy (non-hydrogen) atoms. The van der Waals surface area contributed by atoms with E-state index in [0.717, 1.165) is 0 Å². The van der Waals surface area contributed by atoms with E-state index in [-0.39, 0.29) is 11.3 Å². The van der Waals surface area contributed by atoms with Crippen molar-refractivity contribution in [2.75, 3.05) is 11.9 Å². The van der Waals surface area contributed by atoms with Crippen LogP contribution < -0.4 is 25.1 Å². The fraction of sp³-hybridized carbons (Fsp3) is 0.417. The largest absolute Gasteiger partial charge is 0.822 e. The van der Waals surface area contributed by atoms with E-state index in [0.29, 0.717) is 0 Å². The quantitative estimate of drug-likeness (QED) is 0.372. The van der Waals surface area contributed by atoms with Crippen molar-refractivity contribution >= 4 is 19.5 Å². The van der Waals surface area contributed by atoms with Gasteiger partial charge in [0, 0.05) is 11.3 Å². The zero-order chi connectivity index (χ0) is 18.5. The summed E-state index contributed by atoms with van der Waals surface area (Å²) >= 11 is 0. The molecule has 1 aliphatic heterocycles. The minimum atomic E-state index is -5.39. The third kappa shape index (κ3) is 6.15. The van der Waals surface area contributed by atoms with Crippen LogP contribution in [0.4, 0.5) is 5.69 Å². The maximum atomic E-state index is 10.9. The fourth-order valence-electron chi connectivity index (χ4n) is 1.96. The lowest BCUT2D eigenvalue weighted by molar-refractivity contribution is -0.432. The Hall–Kier alpha value is -1.56. The molecular weight excluding hydrogens is 349 g/mol. The Kier molecular flexibility index (Phi) is 7.27. The lowest BCUT2D eigenvalue weighted by atomic mass is 10.1. The molecule has 1 heterocycles. The molecule has 1 fully saturated rings. The van der Waals surface area contributed by atoms with E-state index in [9.17, 15) is 20.1 Å². The molecule has 0 radical (unpaired) electrons. The van der Waals surface area contributed by atoms with Gasteiger partial charge in [0.05, 0.1) is 12.6 Å². The van der Waals surface area contributed by atoms with Crippen molar-refractivity contribution < 1.29 is 49.2 Å². The molecular formula is C12H14NO10P-4. The molecule has 0 spiro atoms. The summed E-state index contributed by atoms with van der Waals surface area (Å²) in [5.74, 6) is -1.37. The van der Waals surface area contributed by atoms with Crippen LogP contribution in [0.1, 0.15) is 10.4 Å². The lowest BCUT2D eigenvalue weighted by Gasteiger charge is -2.36. The molecule has 0 bridgehead atoms. The predicted molar refractivity (Wildman–Crippen MR) is 69.8 cm³/mol. The Balaban J connectivity index is 0.000000505. The number of ether oxygens (including phenoxy) is 1. The molecule has 0 unspecified atom stereocenters. The molecule has 0 aromatic heterocycles. The van der Waals surface area contributed by atoms with Gasteiger partial charge in [0.2, 0.25) is 0 Å². The van der Waals surface area contributed by atoms with Gasteiger partial charge in [-0.15, -0.1) is 0 Å². The van der Waals surface area contributed by atoms with Gasteiger partial charge < -0.3 is 54.5 Å². The second-order valence-electron chi connectivity index (χ2n) is 4.68. The zero-order valence-corrected chi connectivity index (χ0v) is 12.9. The van der Waals surface area contributed by atoms with E-state index in [1.54, 1.807) is 6.07 Å². The molecule has 4 atom stereocenters. The topological polar surface area (TPSA) is 208 Å². The number of carbonyl (C=O) groups is 1. The van der Waals surface area contributed by atoms with Crippen molar-refractivity contribution in [2.24, 2.45) is 0 Å². The number of para-hydroxylation sites is 1. The van der Waals surface area contributed by atoms with Crippen molar-refractivity contribution in [1.82, 2.24) is 0 Å². The number of carboxylic acid groups (broad SMARTS) is 1. The summed E-state index contributed by atoms with van der Waals surface area (Å²) in [6.07, 6.45) is -4.43. The van der Waals surface area contributed by atoms with Crippen LogP contribution in [0.25, 0.3) is 0 Å². The van der Waals surface area contributed by atoms with Crippen LogP contribution in [-0.2, 0) is 9.30 Å². The number of carboxylic acids is 1. The molecule has 1 aliphatic rings. The van der Waals surface area contributed by atoms with Crippen LogP contribution in [0.3, 0.4) is 0 Å². The van der Waals surface area contributed by atoms with Gasteiger partial charge in [0.25, 0.3) is 0 Å². The molecule has 136 valence electrons. The second-order valence-corrected chi connectivity index (χ2v) is 5.58. The summed E-state index contributed by atoms with van der Waals surface area (Å²) < 4.78 is 13.7. The number of aromatic carboxylic acids is 1. The first-order valence-electron chi connectivity index (χ1n) is 6.47. The molecule has 0 amide bonds. The first kappa shape index (κ1) is 20.5. The number of phosphoric acid groups is 1. The second kappa shape index (κ2) is 8.51. The van der Waals surface area contributed by atoms with Crippen molar-refractivity contribution in [3.8, 4) is 0 Å². The standard InChI is InChI=1S/C12H15NO6.H3O4P/c14-5-8-9(15)10(16)11(19-8)13-7-4-2-1-3-6(7)12(17)18;1-5(2,3)4/h1-4,8-11,13-16H,5H2,(H,17,18);(H3,1,2,3,4)/p-4/t8-,9-,10-,11-;/m1./s1. The summed E-state index contributed by atoms with van der Waals surface area (Å²) in [7, 11) is -5.39. The fourth-order valence-corrected chi connectivity index (χ4v) is 1.96. The van der Waals surface area contributed by atoms with Crippen LogP contribution in [0.15, 0.2) is 24.3 Å². The molecule has 1 aromatic carbocycles. The van der Waals surface area contributed by atoms with Gasteiger partial charge >= 0.3 is 0 Å². The molecule has 2 rings (SSSR count). The lowest BCUT2D eigenvalue weighted by Crippen LogP contribution is -2.37. The highest BCUT2D eigenvalue weighted by atomic mass is 31.2. The molecule has 0 aliphatic carbocycles. The van der Waals surface area contributed by atoms with E-state index in [1.165, 1.54) is 18.2 Å². The van der Waals surface area contributed by atoms with E-state index in [2.05, 4.69) is 5.32 Å². The third-order valence-corrected chi connectivity index (χ3v) is 2.99. The number of nitrogens with one attached hydrogen (secondary N) is 1. The number of aliphatic hydroxyl groups is 3. The zero-order valence-electron chi connectivity index (χ0n) is 12.0. The number of benzene rings is 1. The van der Waals surface area contributed by atoms with Crippen molar-refractivity contribution in [3.05, 3.63) is 29.8 Å².